The van der Waals surface area contributed by atoms with Gasteiger partial charge in [0.15, 0.2) is 0 Å². The highest BCUT2D eigenvalue weighted by atomic mass is 16.3. The summed E-state index contributed by atoms with van der Waals surface area (Å²) in [6.07, 6.45) is 4.15. The van der Waals surface area contributed by atoms with Crippen LogP contribution in [-0.4, -0.2) is 41.7 Å². The number of hydrogen-bond acceptors (Lipinski definition) is 4. The Balaban J connectivity index is 1.98. The average Bonchev–Trinajstić information content (AvgIpc) is 2.46. The Kier molecular flexibility index (Phi) is 5.06. The maximum atomic E-state index is 11.4. The summed E-state index contributed by atoms with van der Waals surface area (Å²) in [7, 11) is 1.74. The molecule has 1 aromatic rings. The van der Waals surface area contributed by atoms with Gasteiger partial charge in [0.05, 0.1) is 17.5 Å². The van der Waals surface area contributed by atoms with Gasteiger partial charge in [-0.25, -0.2) is 4.98 Å². The van der Waals surface area contributed by atoms with Crippen LogP contribution in [0, 0.1) is 5.92 Å². The highest BCUT2D eigenvalue weighted by molar-refractivity contribution is 5.90. The number of carbonyl (C=O) groups excluding carboxylic acids is 1. The lowest BCUT2D eigenvalue weighted by atomic mass is 9.84. The van der Waals surface area contributed by atoms with Crippen LogP contribution in [0.1, 0.15) is 40.0 Å². The quantitative estimate of drug-likeness (QED) is 0.928. The standard InChI is InChI=1S/C17H27N3O2/c1-13(2)11-17(22)7-9-20(10-8-17)16-6-5-15(12-18-16)19(4)14(3)21/h5-6,12-13,22H,7-11H2,1-4H3. The van der Waals surface area contributed by atoms with Crippen LogP contribution >= 0.6 is 0 Å². The van der Waals surface area contributed by atoms with Gasteiger partial charge in [-0.1, -0.05) is 13.8 Å². The molecular weight excluding hydrogens is 278 g/mol. The molecule has 1 saturated heterocycles. The molecule has 0 aromatic carbocycles. The van der Waals surface area contributed by atoms with Crippen molar-refractivity contribution in [3.05, 3.63) is 18.3 Å². The van der Waals surface area contributed by atoms with Crippen LogP contribution in [0.25, 0.3) is 0 Å². The third kappa shape index (κ3) is 3.97. The number of nitrogens with zero attached hydrogens (tertiary/aromatic N) is 3. The van der Waals surface area contributed by atoms with Gasteiger partial charge in [-0.2, -0.15) is 0 Å². The normalized spacial score (nSPS) is 17.6. The number of pyridine rings is 1. The number of amides is 1. The Hall–Kier alpha value is -1.62. The summed E-state index contributed by atoms with van der Waals surface area (Å²) in [5.41, 5.74) is 0.268. The first-order valence-corrected chi connectivity index (χ1v) is 7.98. The van der Waals surface area contributed by atoms with Crippen molar-refractivity contribution >= 4 is 17.4 Å². The van der Waals surface area contributed by atoms with Crippen LogP contribution in [0.3, 0.4) is 0 Å². The molecule has 0 saturated carbocycles. The van der Waals surface area contributed by atoms with Gasteiger partial charge >= 0.3 is 0 Å². The second-order valence-corrected chi connectivity index (χ2v) is 6.76. The predicted molar refractivity (Wildman–Crippen MR) is 89.2 cm³/mol. The number of rotatable bonds is 4. The highest BCUT2D eigenvalue weighted by Crippen LogP contribution is 2.30. The molecule has 0 unspecified atom stereocenters. The van der Waals surface area contributed by atoms with Crippen molar-refractivity contribution in [2.24, 2.45) is 5.92 Å². The van der Waals surface area contributed by atoms with Gasteiger partial charge in [0.1, 0.15) is 5.82 Å². The first kappa shape index (κ1) is 16.7. The molecule has 0 aliphatic carbocycles. The van der Waals surface area contributed by atoms with E-state index in [1.807, 2.05) is 12.1 Å². The van der Waals surface area contributed by atoms with Gasteiger partial charge in [0.2, 0.25) is 5.91 Å². The van der Waals surface area contributed by atoms with Crippen molar-refractivity contribution in [3.8, 4) is 0 Å². The van der Waals surface area contributed by atoms with Gasteiger partial charge in [-0.05, 0) is 37.3 Å². The topological polar surface area (TPSA) is 56.7 Å². The Morgan fingerprint density at radius 2 is 2.05 bits per heavy atom. The molecule has 1 aliphatic rings. The maximum absolute atomic E-state index is 11.4. The lowest BCUT2D eigenvalue weighted by Crippen LogP contribution is -2.45. The molecule has 5 heteroatoms. The molecule has 2 heterocycles. The predicted octanol–water partition coefficient (Wildman–Crippen LogP) is 2.44. The lowest BCUT2D eigenvalue weighted by Gasteiger charge is -2.39. The minimum Gasteiger partial charge on any atom is -0.390 e. The monoisotopic (exact) mass is 305 g/mol. The van der Waals surface area contributed by atoms with Crippen molar-refractivity contribution in [1.29, 1.82) is 0 Å². The molecule has 1 aliphatic heterocycles. The van der Waals surface area contributed by atoms with Crippen molar-refractivity contribution in [2.75, 3.05) is 29.9 Å². The van der Waals surface area contributed by atoms with E-state index in [1.165, 1.54) is 6.92 Å². The molecule has 0 bridgehead atoms. The van der Waals surface area contributed by atoms with E-state index in [0.717, 1.165) is 43.9 Å². The minimum absolute atomic E-state index is 0.00808. The molecule has 1 fully saturated rings. The van der Waals surface area contributed by atoms with Crippen LogP contribution in [0.2, 0.25) is 0 Å². The molecule has 0 radical (unpaired) electrons. The fourth-order valence-electron chi connectivity index (χ4n) is 3.06. The number of carbonyl (C=O) groups is 1. The van der Waals surface area contributed by atoms with Crippen LogP contribution in [0.5, 0.6) is 0 Å². The Morgan fingerprint density at radius 1 is 1.41 bits per heavy atom. The molecule has 5 nitrogen and oxygen atoms in total. The summed E-state index contributed by atoms with van der Waals surface area (Å²) >= 11 is 0. The van der Waals surface area contributed by atoms with Gasteiger partial charge in [0, 0.05) is 27.1 Å². The molecular formula is C17H27N3O2. The van der Waals surface area contributed by atoms with E-state index < -0.39 is 5.60 Å². The fraction of sp³-hybridized carbons (Fsp3) is 0.647. The van der Waals surface area contributed by atoms with Crippen LogP contribution in [0.4, 0.5) is 11.5 Å². The molecule has 1 aromatic heterocycles. The summed E-state index contributed by atoms with van der Waals surface area (Å²) in [5, 5.41) is 10.6. The number of aliphatic hydroxyl groups is 1. The van der Waals surface area contributed by atoms with Gasteiger partial charge in [-0.3, -0.25) is 4.79 Å². The number of hydrogen-bond donors (Lipinski definition) is 1. The van der Waals surface area contributed by atoms with Crippen molar-refractivity contribution < 1.29 is 9.90 Å². The van der Waals surface area contributed by atoms with E-state index in [9.17, 15) is 9.90 Å². The number of aromatic nitrogens is 1. The molecule has 1 amide bonds. The Labute approximate surface area is 132 Å². The van der Waals surface area contributed by atoms with E-state index >= 15 is 0 Å². The fourth-order valence-corrected chi connectivity index (χ4v) is 3.06. The van der Waals surface area contributed by atoms with Crippen molar-refractivity contribution in [3.63, 3.8) is 0 Å². The Morgan fingerprint density at radius 3 is 2.50 bits per heavy atom. The third-order valence-electron chi connectivity index (χ3n) is 4.40. The SMILES string of the molecule is CC(=O)N(C)c1ccc(N2CCC(O)(CC(C)C)CC2)nc1. The van der Waals surface area contributed by atoms with E-state index in [2.05, 4.69) is 23.7 Å². The van der Waals surface area contributed by atoms with E-state index in [4.69, 9.17) is 0 Å². The third-order valence-corrected chi connectivity index (χ3v) is 4.40. The number of anilines is 2. The smallest absolute Gasteiger partial charge is 0.223 e. The van der Waals surface area contributed by atoms with Crippen LogP contribution < -0.4 is 9.80 Å². The molecule has 122 valence electrons. The lowest BCUT2D eigenvalue weighted by molar-refractivity contribution is -0.116. The van der Waals surface area contributed by atoms with Crippen molar-refractivity contribution in [1.82, 2.24) is 4.98 Å². The average molecular weight is 305 g/mol. The zero-order valence-electron chi connectivity index (χ0n) is 14.0. The first-order valence-electron chi connectivity index (χ1n) is 7.98. The van der Waals surface area contributed by atoms with Crippen molar-refractivity contribution in [2.45, 2.75) is 45.6 Å². The molecule has 0 spiro atoms. The number of piperidine rings is 1. The zero-order valence-corrected chi connectivity index (χ0v) is 14.0. The summed E-state index contributed by atoms with van der Waals surface area (Å²) in [6.45, 7) is 7.47. The largest absolute Gasteiger partial charge is 0.390 e. The van der Waals surface area contributed by atoms with Gasteiger partial charge in [-0.15, -0.1) is 0 Å². The van der Waals surface area contributed by atoms with Gasteiger partial charge < -0.3 is 14.9 Å². The summed E-state index contributed by atoms with van der Waals surface area (Å²) in [6, 6.07) is 3.86. The molecule has 22 heavy (non-hydrogen) atoms. The molecule has 0 atom stereocenters. The first-order chi connectivity index (χ1) is 10.3. The Bertz CT molecular complexity index is 505. The molecule has 2 rings (SSSR count). The maximum Gasteiger partial charge on any atom is 0.223 e. The highest BCUT2D eigenvalue weighted by Gasteiger charge is 2.33. The van der Waals surface area contributed by atoms with Crippen LogP contribution in [-0.2, 0) is 4.79 Å². The van der Waals surface area contributed by atoms with Crippen LogP contribution in [0.15, 0.2) is 18.3 Å². The second kappa shape index (κ2) is 6.65. The molecule has 1 N–H and O–H groups in total. The van der Waals surface area contributed by atoms with E-state index in [1.54, 1.807) is 18.1 Å². The summed E-state index contributed by atoms with van der Waals surface area (Å²) < 4.78 is 0. The summed E-state index contributed by atoms with van der Waals surface area (Å²) in [5.74, 6) is 1.41. The second-order valence-electron chi connectivity index (χ2n) is 6.76. The van der Waals surface area contributed by atoms with E-state index in [0.29, 0.717) is 5.92 Å². The minimum atomic E-state index is -0.528. The van der Waals surface area contributed by atoms with Gasteiger partial charge in [0.25, 0.3) is 0 Å². The van der Waals surface area contributed by atoms with E-state index in [-0.39, 0.29) is 5.91 Å². The zero-order chi connectivity index (χ0) is 16.3. The summed E-state index contributed by atoms with van der Waals surface area (Å²) in [4.78, 5) is 19.6.